The van der Waals surface area contributed by atoms with Gasteiger partial charge in [-0.1, -0.05) is 47.5 Å². The standard InChI is InChI=1S/C41H49F4N5O3Si/c1-24(2)54(25(3)4,26(5)6)16-9-30-34-27(18-33(43)35(30)44)17-29(51)19-31(34)37-36(45)38-32(21-46-37)39(49-11-8-14-52-15-13-49)48-40(47-38)53-23-41-10-7-12-50(41)22-28(42)20-41/h17-19,21,24-26,28,51H,7-8,10-15,20,22-23H2,1-6H3/t28-,41+/m1/s1. The van der Waals surface area contributed by atoms with Crippen LogP contribution in [-0.4, -0.2) is 90.7 Å². The van der Waals surface area contributed by atoms with Gasteiger partial charge in [-0.25, -0.2) is 17.6 Å². The highest BCUT2D eigenvalue weighted by atomic mass is 28.3. The number of aromatic nitrogens is 3. The average Bonchev–Trinajstić information content (AvgIpc) is 3.50. The first kappa shape index (κ1) is 38.3. The predicted octanol–water partition coefficient (Wildman–Crippen LogP) is 8.72. The highest BCUT2D eigenvalue weighted by Gasteiger charge is 2.49. The van der Waals surface area contributed by atoms with E-state index in [0.29, 0.717) is 50.5 Å². The fourth-order valence-electron chi connectivity index (χ4n) is 9.50. The van der Waals surface area contributed by atoms with E-state index >= 15 is 13.2 Å². The number of aromatic hydroxyl groups is 1. The molecule has 54 heavy (non-hydrogen) atoms. The summed E-state index contributed by atoms with van der Waals surface area (Å²) in [7, 11) is -2.41. The molecular weight excluding hydrogens is 715 g/mol. The lowest BCUT2D eigenvalue weighted by atomic mass is 9.95. The number of nitrogens with zero attached hydrogens (tertiary/aromatic N) is 5. The maximum atomic E-state index is 17.2. The molecule has 1 N–H and O–H groups in total. The lowest BCUT2D eigenvalue weighted by Gasteiger charge is -2.38. The van der Waals surface area contributed by atoms with E-state index in [2.05, 4.69) is 67.9 Å². The van der Waals surface area contributed by atoms with E-state index in [-0.39, 0.29) is 68.1 Å². The Morgan fingerprint density at radius 3 is 2.48 bits per heavy atom. The minimum atomic E-state index is -2.41. The first-order valence-electron chi connectivity index (χ1n) is 19.1. The lowest BCUT2D eigenvalue weighted by molar-refractivity contribution is 0.107. The Bertz CT molecular complexity index is 2110. The molecule has 3 fully saturated rings. The van der Waals surface area contributed by atoms with Crippen LogP contribution in [-0.2, 0) is 4.74 Å². The molecule has 288 valence electrons. The molecular formula is C41H49F4N5O3Si. The second-order valence-electron chi connectivity index (χ2n) is 16.1. The average molecular weight is 764 g/mol. The van der Waals surface area contributed by atoms with Gasteiger partial charge in [0, 0.05) is 49.8 Å². The van der Waals surface area contributed by atoms with Crippen molar-refractivity contribution in [2.75, 3.05) is 50.9 Å². The van der Waals surface area contributed by atoms with Crippen molar-refractivity contribution in [3.63, 3.8) is 0 Å². The number of hydrogen-bond donors (Lipinski definition) is 1. The van der Waals surface area contributed by atoms with Crippen LogP contribution in [0.2, 0.25) is 16.6 Å². The van der Waals surface area contributed by atoms with E-state index < -0.39 is 37.2 Å². The Morgan fingerprint density at radius 2 is 1.74 bits per heavy atom. The molecule has 3 aliphatic rings. The number of anilines is 1. The fourth-order valence-corrected chi connectivity index (χ4v) is 14.7. The number of ether oxygens (including phenoxy) is 2. The number of phenolic OH excluding ortho intramolecular Hbond substituents is 1. The molecule has 8 nitrogen and oxygen atoms in total. The molecule has 0 aliphatic carbocycles. The van der Waals surface area contributed by atoms with Crippen molar-refractivity contribution in [3.05, 3.63) is 47.4 Å². The summed E-state index contributed by atoms with van der Waals surface area (Å²) in [6.45, 7) is 16.2. The van der Waals surface area contributed by atoms with Crippen molar-refractivity contribution in [2.45, 2.75) is 95.6 Å². The molecule has 3 saturated heterocycles. The SMILES string of the molecule is CC(C)[Si](C#Cc1c(F)c(F)cc2cc(O)cc(-c3ncc4c(N5CCCOCC5)nc(OC[C@@]56CCCN5C[C@H](F)C6)nc4c3F)c12)(C(C)C)C(C)C. The van der Waals surface area contributed by atoms with Gasteiger partial charge in [-0.15, -0.1) is 5.54 Å². The second-order valence-corrected chi connectivity index (χ2v) is 21.7. The van der Waals surface area contributed by atoms with Gasteiger partial charge in [0.1, 0.15) is 43.6 Å². The monoisotopic (exact) mass is 763 g/mol. The molecule has 0 radical (unpaired) electrons. The minimum Gasteiger partial charge on any atom is -0.508 e. The van der Waals surface area contributed by atoms with Gasteiger partial charge in [0.25, 0.3) is 0 Å². The maximum Gasteiger partial charge on any atom is 0.319 e. The number of phenols is 1. The van der Waals surface area contributed by atoms with E-state index in [0.717, 1.165) is 31.9 Å². The van der Waals surface area contributed by atoms with Crippen LogP contribution in [0.1, 0.15) is 72.8 Å². The van der Waals surface area contributed by atoms with Gasteiger partial charge in [-0.3, -0.25) is 9.88 Å². The number of alkyl halides is 1. The lowest BCUT2D eigenvalue weighted by Crippen LogP contribution is -2.43. The van der Waals surface area contributed by atoms with E-state index in [1.54, 1.807) is 0 Å². The van der Waals surface area contributed by atoms with Gasteiger partial charge in [-0.2, -0.15) is 9.97 Å². The van der Waals surface area contributed by atoms with Crippen LogP contribution in [0.25, 0.3) is 32.9 Å². The van der Waals surface area contributed by atoms with Crippen LogP contribution in [0.4, 0.5) is 23.4 Å². The van der Waals surface area contributed by atoms with Crippen molar-refractivity contribution in [3.8, 4) is 34.5 Å². The van der Waals surface area contributed by atoms with Gasteiger partial charge < -0.3 is 19.5 Å². The number of fused-ring (bicyclic) bond motifs is 3. The molecule has 2 aromatic heterocycles. The summed E-state index contributed by atoms with van der Waals surface area (Å²) < 4.78 is 75.0. The van der Waals surface area contributed by atoms with E-state index in [4.69, 9.17) is 14.5 Å². The zero-order valence-electron chi connectivity index (χ0n) is 31.9. The Hall–Kier alpha value is -3.99. The summed E-state index contributed by atoms with van der Waals surface area (Å²) in [5, 5.41) is 11.5. The van der Waals surface area contributed by atoms with Crippen LogP contribution in [0.15, 0.2) is 24.4 Å². The van der Waals surface area contributed by atoms with Crippen molar-refractivity contribution in [2.24, 2.45) is 0 Å². The van der Waals surface area contributed by atoms with Crippen LogP contribution in [0, 0.1) is 28.9 Å². The first-order chi connectivity index (χ1) is 25.8. The Kier molecular flexibility index (Phi) is 10.6. The Morgan fingerprint density at radius 1 is 0.981 bits per heavy atom. The third kappa shape index (κ3) is 6.68. The number of pyridine rings is 1. The molecule has 0 amide bonds. The molecule has 0 spiro atoms. The summed E-state index contributed by atoms with van der Waals surface area (Å²) >= 11 is 0. The molecule has 2 atom stereocenters. The largest absolute Gasteiger partial charge is 0.508 e. The van der Waals surface area contributed by atoms with Gasteiger partial charge in [0.15, 0.2) is 17.5 Å². The summed E-state index contributed by atoms with van der Waals surface area (Å²) in [6, 6.07) is 3.54. The minimum absolute atomic E-state index is 0.0461. The summed E-state index contributed by atoms with van der Waals surface area (Å²) in [6.07, 6.45) is 3.30. The third-order valence-electron chi connectivity index (χ3n) is 12.0. The molecule has 0 saturated carbocycles. The molecule has 2 aromatic carbocycles. The molecule has 0 bridgehead atoms. The molecule has 3 aliphatic heterocycles. The Labute approximate surface area is 315 Å². The summed E-state index contributed by atoms with van der Waals surface area (Å²) in [5.74, 6) is 0.103. The summed E-state index contributed by atoms with van der Waals surface area (Å²) in [4.78, 5) is 18.0. The topological polar surface area (TPSA) is 83.8 Å². The van der Waals surface area contributed by atoms with Crippen LogP contribution in [0.5, 0.6) is 11.8 Å². The van der Waals surface area contributed by atoms with Crippen molar-refractivity contribution < 1.29 is 32.1 Å². The zero-order chi connectivity index (χ0) is 38.5. The number of halogens is 4. The van der Waals surface area contributed by atoms with Crippen molar-refractivity contribution in [1.82, 2.24) is 19.9 Å². The molecule has 7 rings (SSSR count). The molecule has 0 unspecified atom stereocenters. The second kappa shape index (κ2) is 14.9. The molecule has 5 heterocycles. The number of hydrogen-bond acceptors (Lipinski definition) is 8. The van der Waals surface area contributed by atoms with Crippen molar-refractivity contribution >= 4 is 35.6 Å². The Balaban J connectivity index is 1.42. The molecule has 13 heteroatoms. The maximum absolute atomic E-state index is 17.2. The van der Waals surface area contributed by atoms with Crippen LogP contribution in [0.3, 0.4) is 0 Å². The van der Waals surface area contributed by atoms with E-state index in [9.17, 15) is 9.50 Å². The zero-order valence-corrected chi connectivity index (χ0v) is 32.9. The van der Waals surface area contributed by atoms with E-state index in [1.165, 1.54) is 18.3 Å². The highest BCUT2D eigenvalue weighted by molar-refractivity contribution is 6.90. The van der Waals surface area contributed by atoms with Gasteiger partial charge >= 0.3 is 6.01 Å². The predicted molar refractivity (Wildman–Crippen MR) is 206 cm³/mol. The summed E-state index contributed by atoms with van der Waals surface area (Å²) in [5.41, 5.74) is 3.21. The fraction of sp³-hybridized carbons (Fsp3) is 0.537. The van der Waals surface area contributed by atoms with Gasteiger partial charge in [0.05, 0.1) is 23.1 Å². The highest BCUT2D eigenvalue weighted by Crippen LogP contribution is 2.44. The van der Waals surface area contributed by atoms with Crippen molar-refractivity contribution in [1.29, 1.82) is 0 Å². The number of benzene rings is 2. The quantitative estimate of drug-likeness (QED) is 0.109. The normalized spacial score (nSPS) is 21.0. The van der Waals surface area contributed by atoms with Crippen LogP contribution >= 0.6 is 0 Å². The van der Waals surface area contributed by atoms with Gasteiger partial charge in [-0.05, 0) is 66.0 Å². The third-order valence-corrected chi connectivity index (χ3v) is 18.3. The van der Waals surface area contributed by atoms with Crippen LogP contribution < -0.4 is 9.64 Å². The first-order valence-corrected chi connectivity index (χ1v) is 21.4. The van der Waals surface area contributed by atoms with Gasteiger partial charge in [0.2, 0.25) is 0 Å². The number of rotatable bonds is 8. The van der Waals surface area contributed by atoms with E-state index in [1.807, 2.05) is 4.90 Å². The smallest absolute Gasteiger partial charge is 0.319 e. The molecule has 4 aromatic rings.